The molecule has 2 N–H and O–H groups in total. The zero-order chi connectivity index (χ0) is 15.8. The summed E-state index contributed by atoms with van der Waals surface area (Å²) in [6.07, 6.45) is -0.524. The molecule has 1 aromatic rings. The molecule has 21 heavy (non-hydrogen) atoms. The van der Waals surface area contributed by atoms with E-state index in [2.05, 4.69) is 15.0 Å². The molecule has 0 aromatic carbocycles. The van der Waals surface area contributed by atoms with Gasteiger partial charge in [0.1, 0.15) is 16.6 Å². The second-order valence-electron chi connectivity index (χ2n) is 5.95. The number of ether oxygens (including phenoxy) is 1. The lowest BCUT2D eigenvalue weighted by Crippen LogP contribution is -2.49. The third-order valence-electron chi connectivity index (χ3n) is 3.02. The van der Waals surface area contributed by atoms with Gasteiger partial charge >= 0.3 is 6.09 Å². The van der Waals surface area contributed by atoms with Crippen LogP contribution in [0.4, 0.5) is 15.5 Å². The second kappa shape index (κ2) is 5.51. The van der Waals surface area contributed by atoms with Crippen LogP contribution in [0.15, 0.2) is 0 Å². The van der Waals surface area contributed by atoms with Crippen LogP contribution >= 0.6 is 11.5 Å². The van der Waals surface area contributed by atoms with Gasteiger partial charge in [-0.1, -0.05) is 0 Å². The Morgan fingerprint density at radius 2 is 2.14 bits per heavy atom. The van der Waals surface area contributed by atoms with Crippen molar-refractivity contribution in [3.63, 3.8) is 0 Å². The van der Waals surface area contributed by atoms with E-state index in [4.69, 9.17) is 4.74 Å². The van der Waals surface area contributed by atoms with Crippen molar-refractivity contribution in [2.75, 3.05) is 24.2 Å². The molecular formula is C13H20N4O3S. The van der Waals surface area contributed by atoms with Crippen LogP contribution < -0.4 is 10.6 Å². The van der Waals surface area contributed by atoms with Gasteiger partial charge in [-0.3, -0.25) is 9.69 Å². The van der Waals surface area contributed by atoms with Gasteiger partial charge in [0.15, 0.2) is 0 Å². The first-order valence-electron chi connectivity index (χ1n) is 6.66. The molecule has 0 fully saturated rings. The summed E-state index contributed by atoms with van der Waals surface area (Å²) >= 11 is 1.29. The minimum Gasteiger partial charge on any atom is -0.444 e. The Morgan fingerprint density at radius 3 is 2.76 bits per heavy atom. The molecule has 2 heterocycles. The molecule has 0 radical (unpaired) electrons. The van der Waals surface area contributed by atoms with Crippen molar-refractivity contribution in [2.45, 2.75) is 39.3 Å². The predicted molar refractivity (Wildman–Crippen MR) is 81.8 cm³/mol. The maximum atomic E-state index is 12.3. The second-order valence-corrected chi connectivity index (χ2v) is 6.72. The summed E-state index contributed by atoms with van der Waals surface area (Å²) in [4.78, 5) is 25.7. The van der Waals surface area contributed by atoms with Gasteiger partial charge in [-0.2, -0.15) is 4.37 Å². The largest absolute Gasteiger partial charge is 0.444 e. The van der Waals surface area contributed by atoms with Gasteiger partial charge in [-0.05, 0) is 39.2 Å². The van der Waals surface area contributed by atoms with Crippen LogP contribution in [0.5, 0.6) is 0 Å². The van der Waals surface area contributed by atoms with Crippen LogP contribution in [0, 0.1) is 6.92 Å². The van der Waals surface area contributed by atoms with E-state index in [9.17, 15) is 9.59 Å². The SMILES string of the molecule is Cc1nsc2c1NC(=O)[C@@H](N(C)C(=O)OC(C)(C)C)CN2. The first-order valence-corrected chi connectivity index (χ1v) is 7.43. The fourth-order valence-corrected chi connectivity index (χ4v) is 2.66. The molecule has 0 saturated heterocycles. The smallest absolute Gasteiger partial charge is 0.410 e. The van der Waals surface area contributed by atoms with Gasteiger partial charge in [-0.25, -0.2) is 4.79 Å². The van der Waals surface area contributed by atoms with Crippen LogP contribution in [0.2, 0.25) is 0 Å². The van der Waals surface area contributed by atoms with Crippen molar-refractivity contribution < 1.29 is 14.3 Å². The van der Waals surface area contributed by atoms with E-state index in [1.54, 1.807) is 27.8 Å². The van der Waals surface area contributed by atoms with Crippen LogP contribution in [0.25, 0.3) is 0 Å². The lowest BCUT2D eigenvalue weighted by molar-refractivity contribution is -0.120. The van der Waals surface area contributed by atoms with Gasteiger partial charge in [0.25, 0.3) is 0 Å². The third-order valence-corrected chi connectivity index (χ3v) is 3.91. The first kappa shape index (κ1) is 15.6. The highest BCUT2D eigenvalue weighted by molar-refractivity contribution is 7.11. The zero-order valence-electron chi connectivity index (χ0n) is 12.8. The Kier molecular flexibility index (Phi) is 4.08. The first-order chi connectivity index (χ1) is 9.69. The summed E-state index contributed by atoms with van der Waals surface area (Å²) in [6, 6.07) is -0.640. The zero-order valence-corrected chi connectivity index (χ0v) is 13.6. The minimum atomic E-state index is -0.640. The highest BCUT2D eigenvalue weighted by Crippen LogP contribution is 2.32. The van der Waals surface area contributed by atoms with Crippen molar-refractivity contribution >= 4 is 34.2 Å². The van der Waals surface area contributed by atoms with Gasteiger partial charge in [-0.15, -0.1) is 0 Å². The molecule has 8 heteroatoms. The van der Waals surface area contributed by atoms with Crippen molar-refractivity contribution in [3.8, 4) is 0 Å². The van der Waals surface area contributed by atoms with E-state index in [0.29, 0.717) is 12.2 Å². The number of fused-ring (bicyclic) bond motifs is 1. The molecule has 0 aliphatic carbocycles. The molecule has 1 aliphatic rings. The van der Waals surface area contributed by atoms with E-state index < -0.39 is 17.7 Å². The maximum Gasteiger partial charge on any atom is 0.410 e. The van der Waals surface area contributed by atoms with Gasteiger partial charge < -0.3 is 15.4 Å². The van der Waals surface area contributed by atoms with Crippen molar-refractivity contribution in [1.82, 2.24) is 9.27 Å². The van der Waals surface area contributed by atoms with E-state index in [0.717, 1.165) is 10.7 Å². The van der Waals surface area contributed by atoms with E-state index in [1.807, 2.05) is 6.92 Å². The number of aryl methyl sites for hydroxylation is 1. The molecule has 2 amide bonds. The molecule has 2 rings (SSSR count). The average molecular weight is 312 g/mol. The molecule has 116 valence electrons. The van der Waals surface area contributed by atoms with Crippen LogP contribution in [-0.2, 0) is 9.53 Å². The molecule has 0 unspecified atom stereocenters. The van der Waals surface area contributed by atoms with Crippen molar-refractivity contribution in [3.05, 3.63) is 5.69 Å². The van der Waals surface area contributed by atoms with Crippen molar-refractivity contribution in [2.24, 2.45) is 0 Å². The van der Waals surface area contributed by atoms with Crippen molar-refractivity contribution in [1.29, 1.82) is 0 Å². The standard InChI is InChI=1S/C13H20N4O3S/c1-7-9-11(21-16-7)14-6-8(10(18)15-9)17(5)12(19)20-13(2,3)4/h8,14H,6H2,1-5H3,(H,15,18)/t8-/m0/s1. The fourth-order valence-electron chi connectivity index (χ4n) is 1.90. The number of hydrogen-bond acceptors (Lipinski definition) is 6. The summed E-state index contributed by atoms with van der Waals surface area (Å²) in [7, 11) is 1.56. The molecule has 7 nitrogen and oxygen atoms in total. The normalized spacial score (nSPS) is 18.1. The summed E-state index contributed by atoms with van der Waals surface area (Å²) in [5, 5.41) is 6.77. The van der Waals surface area contributed by atoms with E-state index in [1.165, 1.54) is 16.4 Å². The number of nitrogens with zero attached hydrogens (tertiary/aromatic N) is 2. The number of likely N-dealkylation sites (N-methyl/N-ethyl adjacent to an activating group) is 1. The van der Waals surface area contributed by atoms with E-state index in [-0.39, 0.29) is 5.91 Å². The summed E-state index contributed by atoms with van der Waals surface area (Å²) in [6.45, 7) is 7.51. The molecule has 0 spiro atoms. The molecule has 1 atom stereocenters. The number of nitrogens with one attached hydrogen (secondary N) is 2. The molecule has 1 aliphatic heterocycles. The number of anilines is 2. The van der Waals surface area contributed by atoms with E-state index >= 15 is 0 Å². The summed E-state index contributed by atoms with van der Waals surface area (Å²) < 4.78 is 9.48. The molecule has 0 saturated carbocycles. The molecular weight excluding hydrogens is 292 g/mol. The number of hydrogen-bond donors (Lipinski definition) is 2. The van der Waals surface area contributed by atoms with Crippen LogP contribution in [0.1, 0.15) is 26.5 Å². The molecule has 0 bridgehead atoms. The Balaban J connectivity index is 2.11. The minimum absolute atomic E-state index is 0.252. The summed E-state index contributed by atoms with van der Waals surface area (Å²) in [5.74, 6) is -0.252. The summed E-state index contributed by atoms with van der Waals surface area (Å²) in [5.41, 5.74) is 0.848. The lowest BCUT2D eigenvalue weighted by Gasteiger charge is -2.29. The van der Waals surface area contributed by atoms with Crippen LogP contribution in [0.3, 0.4) is 0 Å². The Bertz CT molecular complexity index is 564. The quantitative estimate of drug-likeness (QED) is 0.829. The number of amides is 2. The molecule has 1 aromatic heterocycles. The lowest BCUT2D eigenvalue weighted by atomic mass is 10.2. The highest BCUT2D eigenvalue weighted by Gasteiger charge is 2.33. The monoisotopic (exact) mass is 312 g/mol. The number of rotatable bonds is 1. The third kappa shape index (κ3) is 3.44. The number of aromatic nitrogens is 1. The Labute approximate surface area is 127 Å². The van der Waals surface area contributed by atoms with Crippen LogP contribution in [-0.4, -0.2) is 46.5 Å². The average Bonchev–Trinajstić information content (AvgIpc) is 2.60. The van der Waals surface area contributed by atoms with Gasteiger partial charge in [0.05, 0.1) is 11.4 Å². The predicted octanol–water partition coefficient (Wildman–Crippen LogP) is 2.05. The maximum absolute atomic E-state index is 12.3. The van der Waals surface area contributed by atoms with Gasteiger partial charge in [0.2, 0.25) is 5.91 Å². The topological polar surface area (TPSA) is 83.6 Å². The number of carbonyl (C=O) groups is 2. The fraction of sp³-hybridized carbons (Fsp3) is 0.615. The Morgan fingerprint density at radius 1 is 1.48 bits per heavy atom. The van der Waals surface area contributed by atoms with Gasteiger partial charge in [0, 0.05) is 13.6 Å². The highest BCUT2D eigenvalue weighted by atomic mass is 32.1. The number of carbonyl (C=O) groups excluding carboxylic acids is 2. The Hall–Kier alpha value is -1.83.